The number of amides is 1. The highest BCUT2D eigenvalue weighted by Crippen LogP contribution is 2.33. The molecule has 1 aliphatic carbocycles. The second-order valence-electron chi connectivity index (χ2n) is 6.68. The minimum Gasteiger partial charge on any atom is -0.488 e. The minimum atomic E-state index is 0.174. The van der Waals surface area contributed by atoms with Crippen molar-refractivity contribution in [2.24, 2.45) is 5.92 Å². The Bertz CT molecular complexity index is 698. The predicted octanol–water partition coefficient (Wildman–Crippen LogP) is 3.40. The van der Waals surface area contributed by atoms with Crippen LogP contribution < -0.4 is 4.74 Å². The molecule has 4 nitrogen and oxygen atoms in total. The standard InChI is InChI=1S/C19H22N2O2/c22-18(13-14-6-7-14)21-11-8-16(9-12-21)23-17-5-1-3-15-4-2-10-20-19(15)17/h1-5,10,14,16H,6-9,11-13H2. The van der Waals surface area contributed by atoms with Crippen LogP contribution in [0.2, 0.25) is 0 Å². The lowest BCUT2D eigenvalue weighted by Crippen LogP contribution is -2.41. The lowest BCUT2D eigenvalue weighted by molar-refractivity contribution is -0.133. The number of para-hydroxylation sites is 1. The molecule has 0 unspecified atom stereocenters. The molecule has 4 heteroatoms. The molecular weight excluding hydrogens is 288 g/mol. The summed E-state index contributed by atoms with van der Waals surface area (Å²) in [5, 5.41) is 1.10. The fourth-order valence-electron chi connectivity index (χ4n) is 3.27. The highest BCUT2D eigenvalue weighted by molar-refractivity contribution is 5.84. The third kappa shape index (κ3) is 3.31. The zero-order valence-corrected chi connectivity index (χ0v) is 13.3. The summed E-state index contributed by atoms with van der Waals surface area (Å²) in [6, 6.07) is 10.0. The number of aromatic nitrogens is 1. The molecule has 2 heterocycles. The topological polar surface area (TPSA) is 42.4 Å². The fourth-order valence-corrected chi connectivity index (χ4v) is 3.27. The maximum absolute atomic E-state index is 12.2. The Morgan fingerprint density at radius 1 is 1.13 bits per heavy atom. The van der Waals surface area contributed by atoms with E-state index in [0.717, 1.165) is 49.0 Å². The Labute approximate surface area is 136 Å². The number of piperidine rings is 1. The van der Waals surface area contributed by atoms with Crippen molar-refractivity contribution in [1.29, 1.82) is 0 Å². The van der Waals surface area contributed by atoms with Gasteiger partial charge in [-0.1, -0.05) is 18.2 Å². The van der Waals surface area contributed by atoms with Crippen LogP contribution in [0.15, 0.2) is 36.5 Å². The van der Waals surface area contributed by atoms with Gasteiger partial charge in [-0.2, -0.15) is 0 Å². The summed E-state index contributed by atoms with van der Waals surface area (Å²) in [4.78, 5) is 18.6. The van der Waals surface area contributed by atoms with Crippen molar-refractivity contribution in [1.82, 2.24) is 9.88 Å². The van der Waals surface area contributed by atoms with E-state index in [1.54, 1.807) is 6.20 Å². The van der Waals surface area contributed by atoms with Crippen LogP contribution in [0.3, 0.4) is 0 Å². The summed E-state index contributed by atoms with van der Waals surface area (Å²) < 4.78 is 6.19. The Balaban J connectivity index is 1.37. The zero-order valence-electron chi connectivity index (χ0n) is 13.3. The molecule has 2 aromatic rings. The molecule has 1 saturated carbocycles. The first-order chi connectivity index (χ1) is 11.3. The summed E-state index contributed by atoms with van der Waals surface area (Å²) in [7, 11) is 0. The van der Waals surface area contributed by atoms with Crippen LogP contribution in [0.25, 0.3) is 10.9 Å². The highest BCUT2D eigenvalue weighted by atomic mass is 16.5. The number of hydrogen-bond acceptors (Lipinski definition) is 3. The predicted molar refractivity (Wildman–Crippen MR) is 89.3 cm³/mol. The SMILES string of the molecule is O=C(CC1CC1)N1CCC(Oc2cccc3cccnc23)CC1. The van der Waals surface area contributed by atoms with Gasteiger partial charge in [-0.25, -0.2) is 0 Å². The molecule has 4 rings (SSSR count). The van der Waals surface area contributed by atoms with Gasteiger partial charge in [0.05, 0.1) is 0 Å². The van der Waals surface area contributed by atoms with Gasteiger partial charge in [-0.3, -0.25) is 9.78 Å². The monoisotopic (exact) mass is 310 g/mol. The van der Waals surface area contributed by atoms with Crippen molar-refractivity contribution in [2.75, 3.05) is 13.1 Å². The van der Waals surface area contributed by atoms with Crippen molar-refractivity contribution in [3.05, 3.63) is 36.5 Å². The number of carbonyl (C=O) groups is 1. The average Bonchev–Trinajstić information content (AvgIpc) is 3.40. The third-order valence-electron chi connectivity index (χ3n) is 4.84. The lowest BCUT2D eigenvalue weighted by Gasteiger charge is -2.32. The van der Waals surface area contributed by atoms with Gasteiger partial charge in [0, 0.05) is 43.9 Å². The van der Waals surface area contributed by atoms with Crippen molar-refractivity contribution in [2.45, 2.75) is 38.2 Å². The van der Waals surface area contributed by atoms with Gasteiger partial charge in [0.25, 0.3) is 0 Å². The van der Waals surface area contributed by atoms with E-state index in [1.807, 2.05) is 35.2 Å². The summed E-state index contributed by atoms with van der Waals surface area (Å²) >= 11 is 0. The first-order valence-electron chi connectivity index (χ1n) is 8.58. The van der Waals surface area contributed by atoms with Crippen molar-refractivity contribution in [3.8, 4) is 5.75 Å². The quantitative estimate of drug-likeness (QED) is 0.869. The van der Waals surface area contributed by atoms with E-state index in [9.17, 15) is 4.79 Å². The highest BCUT2D eigenvalue weighted by Gasteiger charge is 2.29. The van der Waals surface area contributed by atoms with E-state index in [0.29, 0.717) is 11.8 Å². The summed E-state index contributed by atoms with van der Waals surface area (Å²) in [6.07, 6.45) is 7.00. The van der Waals surface area contributed by atoms with Crippen molar-refractivity contribution >= 4 is 16.8 Å². The smallest absolute Gasteiger partial charge is 0.222 e. The van der Waals surface area contributed by atoms with Crippen LogP contribution >= 0.6 is 0 Å². The van der Waals surface area contributed by atoms with Gasteiger partial charge in [0.15, 0.2) is 0 Å². The molecular formula is C19H22N2O2. The van der Waals surface area contributed by atoms with Crippen LogP contribution in [0.4, 0.5) is 0 Å². The molecule has 0 atom stereocenters. The van der Waals surface area contributed by atoms with Gasteiger partial charge in [-0.15, -0.1) is 0 Å². The third-order valence-corrected chi connectivity index (χ3v) is 4.84. The largest absolute Gasteiger partial charge is 0.488 e. The van der Waals surface area contributed by atoms with Crippen LogP contribution in [0, 0.1) is 5.92 Å². The van der Waals surface area contributed by atoms with E-state index in [4.69, 9.17) is 4.74 Å². The Kier molecular flexibility index (Phi) is 3.90. The molecule has 1 aromatic heterocycles. The van der Waals surface area contributed by atoms with Crippen LogP contribution in [-0.4, -0.2) is 35.0 Å². The maximum atomic E-state index is 12.2. The first kappa shape index (κ1) is 14.5. The molecule has 0 bridgehead atoms. The maximum Gasteiger partial charge on any atom is 0.222 e. The van der Waals surface area contributed by atoms with Gasteiger partial charge in [0.2, 0.25) is 5.91 Å². The fraction of sp³-hybridized carbons (Fsp3) is 0.474. The van der Waals surface area contributed by atoms with Crippen molar-refractivity contribution < 1.29 is 9.53 Å². The molecule has 0 spiro atoms. The number of rotatable bonds is 4. The molecule has 120 valence electrons. The molecule has 0 radical (unpaired) electrons. The van der Waals surface area contributed by atoms with Crippen LogP contribution in [0.1, 0.15) is 32.1 Å². The molecule has 2 fully saturated rings. The average molecular weight is 310 g/mol. The van der Waals surface area contributed by atoms with E-state index < -0.39 is 0 Å². The second kappa shape index (κ2) is 6.19. The second-order valence-corrected chi connectivity index (χ2v) is 6.68. The number of nitrogens with zero attached hydrogens (tertiary/aromatic N) is 2. The van der Waals surface area contributed by atoms with E-state index in [1.165, 1.54) is 12.8 Å². The summed E-state index contributed by atoms with van der Waals surface area (Å²) in [5.74, 6) is 1.85. The van der Waals surface area contributed by atoms with Gasteiger partial charge in [0.1, 0.15) is 17.4 Å². The zero-order chi connectivity index (χ0) is 15.6. The molecule has 23 heavy (non-hydrogen) atoms. The number of hydrogen-bond donors (Lipinski definition) is 0. The Morgan fingerprint density at radius 3 is 2.70 bits per heavy atom. The normalized spacial score (nSPS) is 19.0. The Morgan fingerprint density at radius 2 is 1.91 bits per heavy atom. The van der Waals surface area contributed by atoms with Gasteiger partial charge in [-0.05, 0) is 30.9 Å². The van der Waals surface area contributed by atoms with E-state index in [-0.39, 0.29) is 6.10 Å². The molecule has 1 aromatic carbocycles. The van der Waals surface area contributed by atoms with Gasteiger partial charge < -0.3 is 9.64 Å². The molecule has 2 aliphatic rings. The van der Waals surface area contributed by atoms with Crippen molar-refractivity contribution in [3.63, 3.8) is 0 Å². The van der Waals surface area contributed by atoms with E-state index in [2.05, 4.69) is 4.98 Å². The lowest BCUT2D eigenvalue weighted by atomic mass is 10.1. The number of carbonyl (C=O) groups excluding carboxylic acids is 1. The summed E-state index contributed by atoms with van der Waals surface area (Å²) in [6.45, 7) is 1.63. The van der Waals surface area contributed by atoms with Crippen LogP contribution in [-0.2, 0) is 4.79 Å². The number of likely N-dealkylation sites (tertiary alicyclic amines) is 1. The molecule has 1 aliphatic heterocycles. The first-order valence-corrected chi connectivity index (χ1v) is 8.58. The Hall–Kier alpha value is -2.10. The number of pyridine rings is 1. The molecule has 1 saturated heterocycles. The number of fused-ring (bicyclic) bond motifs is 1. The van der Waals surface area contributed by atoms with Crippen LogP contribution in [0.5, 0.6) is 5.75 Å². The molecule has 0 N–H and O–H groups in total. The minimum absolute atomic E-state index is 0.174. The van der Waals surface area contributed by atoms with E-state index >= 15 is 0 Å². The number of benzene rings is 1. The molecule has 1 amide bonds. The number of ether oxygens (including phenoxy) is 1. The summed E-state index contributed by atoms with van der Waals surface area (Å²) in [5.41, 5.74) is 0.919. The van der Waals surface area contributed by atoms with Gasteiger partial charge >= 0.3 is 0 Å².